The lowest BCUT2D eigenvalue weighted by Crippen LogP contribution is -2.09. The van der Waals surface area contributed by atoms with E-state index in [2.05, 4.69) is 11.9 Å². The number of ether oxygens (including phenoxy) is 1. The summed E-state index contributed by atoms with van der Waals surface area (Å²) in [7, 11) is 0. The first kappa shape index (κ1) is 19.2. The van der Waals surface area contributed by atoms with Crippen LogP contribution in [0.25, 0.3) is 0 Å². The minimum absolute atomic E-state index is 0.166. The van der Waals surface area contributed by atoms with E-state index in [1.165, 1.54) is 19.8 Å². The van der Waals surface area contributed by atoms with E-state index in [1.54, 1.807) is 6.07 Å². The third-order valence-corrected chi connectivity index (χ3v) is 3.92. The second kappa shape index (κ2) is 9.33. The Balaban J connectivity index is 3.11. The molecule has 0 aliphatic rings. The van der Waals surface area contributed by atoms with Gasteiger partial charge in [-0.3, -0.25) is 9.79 Å². The van der Waals surface area contributed by atoms with Gasteiger partial charge in [0.25, 0.3) is 0 Å². The number of hydrogen-bond acceptors (Lipinski definition) is 4. The topological polar surface area (TPSA) is 58.9 Å². The smallest absolute Gasteiger partial charge is 0.303 e. The van der Waals surface area contributed by atoms with Gasteiger partial charge in [-0.1, -0.05) is 32.8 Å². The SMILES string of the molecule is CCCCCC(C)=Nc1c(O)ccc(C(CC)OC(C)=O)c1C. The number of nitrogens with zero attached hydrogens (tertiary/aromatic N) is 1. The molecule has 0 saturated carbocycles. The summed E-state index contributed by atoms with van der Waals surface area (Å²) in [5.41, 5.74) is 3.37. The Kier molecular flexibility index (Phi) is 7.79. The molecule has 0 heterocycles. The number of carbonyl (C=O) groups is 1. The lowest BCUT2D eigenvalue weighted by atomic mass is 9.99. The summed E-state index contributed by atoms with van der Waals surface area (Å²) >= 11 is 0. The zero-order valence-electron chi connectivity index (χ0n) is 15.0. The van der Waals surface area contributed by atoms with Crippen molar-refractivity contribution in [2.45, 2.75) is 72.8 Å². The van der Waals surface area contributed by atoms with Crippen LogP contribution in [-0.4, -0.2) is 16.8 Å². The standard InChI is InChI=1S/C19H29NO3/c1-6-8-9-10-13(3)20-19-14(4)16(11-12-17(19)22)18(7-2)23-15(5)21/h11-12,18,22H,6-10H2,1-5H3. The molecule has 1 rings (SSSR count). The molecule has 1 aromatic rings. The third-order valence-electron chi connectivity index (χ3n) is 3.92. The van der Waals surface area contributed by atoms with Crippen molar-refractivity contribution in [3.05, 3.63) is 23.3 Å². The summed E-state index contributed by atoms with van der Waals surface area (Å²) in [4.78, 5) is 15.9. The summed E-state index contributed by atoms with van der Waals surface area (Å²) in [6.45, 7) is 9.46. The van der Waals surface area contributed by atoms with Crippen molar-refractivity contribution in [3.8, 4) is 5.75 Å². The fourth-order valence-electron chi connectivity index (χ4n) is 2.64. The molecule has 0 amide bonds. The van der Waals surface area contributed by atoms with Gasteiger partial charge in [-0.2, -0.15) is 0 Å². The molecule has 1 atom stereocenters. The average Bonchev–Trinajstić information content (AvgIpc) is 2.49. The molecule has 0 spiro atoms. The number of phenols is 1. The summed E-state index contributed by atoms with van der Waals surface area (Å²) in [5.74, 6) is -0.135. The highest BCUT2D eigenvalue weighted by molar-refractivity contribution is 5.86. The van der Waals surface area contributed by atoms with Crippen LogP contribution in [0.3, 0.4) is 0 Å². The first-order valence-electron chi connectivity index (χ1n) is 8.44. The zero-order valence-corrected chi connectivity index (χ0v) is 15.0. The number of rotatable bonds is 8. The first-order valence-corrected chi connectivity index (χ1v) is 8.44. The average molecular weight is 319 g/mol. The highest BCUT2D eigenvalue weighted by Crippen LogP contribution is 2.37. The number of aromatic hydroxyl groups is 1. The van der Waals surface area contributed by atoms with Gasteiger partial charge in [0.05, 0.1) is 0 Å². The van der Waals surface area contributed by atoms with E-state index in [0.29, 0.717) is 12.1 Å². The molecule has 0 aliphatic carbocycles. The summed E-state index contributed by atoms with van der Waals surface area (Å²) in [6, 6.07) is 3.44. The molecule has 4 nitrogen and oxygen atoms in total. The van der Waals surface area contributed by atoms with Crippen LogP contribution in [0.5, 0.6) is 5.75 Å². The molecule has 1 N–H and O–H groups in total. The quantitative estimate of drug-likeness (QED) is 0.397. The summed E-state index contributed by atoms with van der Waals surface area (Å²) in [6.07, 6.45) is 4.77. The fraction of sp³-hybridized carbons (Fsp3) is 0.579. The van der Waals surface area contributed by atoms with E-state index in [9.17, 15) is 9.90 Å². The van der Waals surface area contributed by atoms with Crippen molar-refractivity contribution in [1.29, 1.82) is 0 Å². The molecule has 0 radical (unpaired) electrons. The molecule has 0 bridgehead atoms. The van der Waals surface area contributed by atoms with Crippen molar-refractivity contribution >= 4 is 17.4 Å². The number of benzene rings is 1. The van der Waals surface area contributed by atoms with E-state index in [-0.39, 0.29) is 17.8 Å². The van der Waals surface area contributed by atoms with Gasteiger partial charge in [0.1, 0.15) is 17.5 Å². The van der Waals surface area contributed by atoms with Crippen LogP contribution in [0, 0.1) is 6.92 Å². The number of hydrogen-bond donors (Lipinski definition) is 1. The van der Waals surface area contributed by atoms with E-state index >= 15 is 0 Å². The summed E-state index contributed by atoms with van der Waals surface area (Å²) < 4.78 is 5.38. The number of unbranched alkanes of at least 4 members (excludes halogenated alkanes) is 2. The number of esters is 1. The van der Waals surface area contributed by atoms with Crippen LogP contribution in [0.2, 0.25) is 0 Å². The fourth-order valence-corrected chi connectivity index (χ4v) is 2.64. The number of carbonyl (C=O) groups excluding carboxylic acids is 1. The number of phenolic OH excluding ortho intramolecular Hbond substituents is 1. The lowest BCUT2D eigenvalue weighted by Gasteiger charge is -2.19. The monoisotopic (exact) mass is 319 g/mol. The van der Waals surface area contributed by atoms with Gasteiger partial charge in [-0.25, -0.2) is 0 Å². The molecule has 0 aliphatic heterocycles. The molecule has 23 heavy (non-hydrogen) atoms. The predicted octanol–water partition coefficient (Wildman–Crippen LogP) is 5.39. The zero-order chi connectivity index (χ0) is 17.4. The molecule has 0 saturated heterocycles. The minimum atomic E-state index is -0.303. The molecule has 4 heteroatoms. The van der Waals surface area contributed by atoms with Crippen LogP contribution in [0.4, 0.5) is 5.69 Å². The Hall–Kier alpha value is -1.84. The minimum Gasteiger partial charge on any atom is -0.506 e. The first-order chi connectivity index (χ1) is 10.9. The normalized spacial score (nSPS) is 13.0. The van der Waals surface area contributed by atoms with Crippen molar-refractivity contribution in [2.75, 3.05) is 0 Å². The largest absolute Gasteiger partial charge is 0.506 e. The molecule has 1 aromatic carbocycles. The van der Waals surface area contributed by atoms with Crippen molar-refractivity contribution < 1.29 is 14.6 Å². The van der Waals surface area contributed by atoms with Gasteiger partial charge in [0.15, 0.2) is 0 Å². The maximum atomic E-state index is 11.3. The Morgan fingerprint density at radius 2 is 1.96 bits per heavy atom. The highest BCUT2D eigenvalue weighted by atomic mass is 16.5. The molecule has 1 unspecified atom stereocenters. The van der Waals surface area contributed by atoms with E-state index in [1.807, 2.05) is 26.8 Å². The predicted molar refractivity (Wildman–Crippen MR) is 94.6 cm³/mol. The van der Waals surface area contributed by atoms with Crippen LogP contribution in [0.15, 0.2) is 17.1 Å². The second-order valence-corrected chi connectivity index (χ2v) is 5.96. The lowest BCUT2D eigenvalue weighted by molar-refractivity contribution is -0.146. The summed E-state index contributed by atoms with van der Waals surface area (Å²) in [5, 5.41) is 10.2. The van der Waals surface area contributed by atoms with Crippen LogP contribution in [0.1, 0.15) is 77.0 Å². The third kappa shape index (κ3) is 5.70. The van der Waals surface area contributed by atoms with Crippen molar-refractivity contribution in [2.24, 2.45) is 4.99 Å². The van der Waals surface area contributed by atoms with Gasteiger partial charge in [-0.05, 0) is 50.3 Å². The number of aliphatic imine (C=N–C) groups is 1. The second-order valence-electron chi connectivity index (χ2n) is 5.96. The van der Waals surface area contributed by atoms with Gasteiger partial charge in [0.2, 0.25) is 0 Å². The van der Waals surface area contributed by atoms with Gasteiger partial charge < -0.3 is 9.84 Å². The maximum absolute atomic E-state index is 11.3. The Bertz CT molecular complexity index is 564. The molecule has 0 aromatic heterocycles. The van der Waals surface area contributed by atoms with Crippen LogP contribution >= 0.6 is 0 Å². The highest BCUT2D eigenvalue weighted by Gasteiger charge is 2.18. The molecular formula is C19H29NO3. The van der Waals surface area contributed by atoms with E-state index in [0.717, 1.165) is 29.7 Å². The maximum Gasteiger partial charge on any atom is 0.303 e. The van der Waals surface area contributed by atoms with E-state index < -0.39 is 0 Å². The van der Waals surface area contributed by atoms with Crippen LogP contribution in [-0.2, 0) is 9.53 Å². The van der Waals surface area contributed by atoms with E-state index in [4.69, 9.17) is 4.74 Å². The Labute approximate surface area is 139 Å². The van der Waals surface area contributed by atoms with Gasteiger partial charge >= 0.3 is 5.97 Å². The molecule has 128 valence electrons. The molecule has 0 fully saturated rings. The van der Waals surface area contributed by atoms with Crippen molar-refractivity contribution in [1.82, 2.24) is 0 Å². The molecular weight excluding hydrogens is 290 g/mol. The van der Waals surface area contributed by atoms with Gasteiger partial charge in [0, 0.05) is 12.6 Å². The van der Waals surface area contributed by atoms with Crippen LogP contribution < -0.4 is 0 Å². The van der Waals surface area contributed by atoms with Gasteiger partial charge in [-0.15, -0.1) is 0 Å². The Morgan fingerprint density at radius 1 is 1.26 bits per heavy atom. The Morgan fingerprint density at radius 3 is 2.52 bits per heavy atom. The van der Waals surface area contributed by atoms with Crippen molar-refractivity contribution in [3.63, 3.8) is 0 Å².